The van der Waals surface area contributed by atoms with Crippen molar-refractivity contribution in [2.75, 3.05) is 24.5 Å². The molecule has 1 unspecified atom stereocenters. The SMILES string of the molecule is NC(=O)C1CCN(c2cc(-c3noc(C4CCCN4Cc4ccccc4F)n3)ccn2)CC1. The van der Waals surface area contributed by atoms with E-state index >= 15 is 0 Å². The highest BCUT2D eigenvalue weighted by Gasteiger charge is 2.31. The van der Waals surface area contributed by atoms with Gasteiger partial charge in [0.05, 0.1) is 6.04 Å². The van der Waals surface area contributed by atoms with Crippen LogP contribution in [0.2, 0.25) is 0 Å². The molecule has 33 heavy (non-hydrogen) atoms. The number of carbonyl (C=O) groups excluding carboxylic acids is 1. The van der Waals surface area contributed by atoms with Crippen LogP contribution in [0.4, 0.5) is 10.2 Å². The van der Waals surface area contributed by atoms with E-state index in [1.165, 1.54) is 6.07 Å². The number of nitrogens with zero attached hydrogens (tertiary/aromatic N) is 5. The molecule has 172 valence electrons. The lowest BCUT2D eigenvalue weighted by Gasteiger charge is -2.31. The minimum absolute atomic E-state index is 0.0278. The lowest BCUT2D eigenvalue weighted by molar-refractivity contribution is -0.122. The van der Waals surface area contributed by atoms with Crippen LogP contribution in [0.15, 0.2) is 47.1 Å². The first-order valence-electron chi connectivity index (χ1n) is 11.4. The van der Waals surface area contributed by atoms with Crippen LogP contribution in [0.1, 0.15) is 43.2 Å². The van der Waals surface area contributed by atoms with E-state index in [4.69, 9.17) is 10.3 Å². The summed E-state index contributed by atoms with van der Waals surface area (Å²) >= 11 is 0. The highest BCUT2D eigenvalue weighted by molar-refractivity contribution is 5.77. The first kappa shape index (κ1) is 21.5. The molecule has 0 saturated carbocycles. The maximum atomic E-state index is 14.1. The second kappa shape index (κ2) is 9.27. The molecule has 8 nitrogen and oxygen atoms in total. The summed E-state index contributed by atoms with van der Waals surface area (Å²) in [6.45, 7) is 2.83. The van der Waals surface area contributed by atoms with Gasteiger partial charge in [-0.15, -0.1) is 0 Å². The molecule has 2 aromatic heterocycles. The molecule has 0 radical (unpaired) electrons. The number of pyridine rings is 1. The summed E-state index contributed by atoms with van der Waals surface area (Å²) in [7, 11) is 0. The van der Waals surface area contributed by atoms with Crippen molar-refractivity contribution >= 4 is 11.7 Å². The average Bonchev–Trinajstić information content (AvgIpc) is 3.50. The Morgan fingerprint density at radius 1 is 1.15 bits per heavy atom. The molecule has 0 aliphatic carbocycles. The summed E-state index contributed by atoms with van der Waals surface area (Å²) < 4.78 is 19.8. The maximum Gasteiger partial charge on any atom is 0.244 e. The zero-order valence-electron chi connectivity index (χ0n) is 18.4. The second-order valence-electron chi connectivity index (χ2n) is 8.74. The summed E-state index contributed by atoms with van der Waals surface area (Å²) in [5.41, 5.74) is 6.94. The van der Waals surface area contributed by atoms with Gasteiger partial charge in [-0.3, -0.25) is 9.69 Å². The van der Waals surface area contributed by atoms with E-state index < -0.39 is 0 Å². The second-order valence-corrected chi connectivity index (χ2v) is 8.74. The Hall–Kier alpha value is -3.33. The molecule has 2 saturated heterocycles. The number of primary amides is 1. The minimum atomic E-state index is -0.230. The number of halogens is 1. The smallest absolute Gasteiger partial charge is 0.244 e. The van der Waals surface area contributed by atoms with Gasteiger partial charge >= 0.3 is 0 Å². The molecule has 1 atom stereocenters. The average molecular weight is 451 g/mol. The number of piperidine rings is 1. The summed E-state index contributed by atoms with van der Waals surface area (Å²) in [6, 6.07) is 10.6. The largest absolute Gasteiger partial charge is 0.369 e. The van der Waals surface area contributed by atoms with Crippen LogP contribution in [0.3, 0.4) is 0 Å². The van der Waals surface area contributed by atoms with Gasteiger partial charge in [-0.1, -0.05) is 23.4 Å². The molecule has 4 heterocycles. The lowest BCUT2D eigenvalue weighted by Crippen LogP contribution is -2.38. The number of nitrogens with two attached hydrogens (primary N) is 1. The molecule has 1 amide bonds. The molecule has 2 N–H and O–H groups in total. The Labute approximate surface area is 191 Å². The Morgan fingerprint density at radius 3 is 2.76 bits per heavy atom. The molecule has 2 aliphatic rings. The number of hydrogen-bond acceptors (Lipinski definition) is 7. The minimum Gasteiger partial charge on any atom is -0.369 e. The first-order valence-corrected chi connectivity index (χ1v) is 11.4. The van der Waals surface area contributed by atoms with Crippen molar-refractivity contribution in [1.82, 2.24) is 20.0 Å². The third-order valence-electron chi connectivity index (χ3n) is 6.65. The summed E-state index contributed by atoms with van der Waals surface area (Å²) in [4.78, 5) is 24.9. The Balaban J connectivity index is 1.30. The monoisotopic (exact) mass is 450 g/mol. The van der Waals surface area contributed by atoms with Crippen LogP contribution < -0.4 is 10.6 Å². The predicted octanol–water partition coefficient (Wildman–Crippen LogP) is 3.31. The molecule has 1 aromatic carbocycles. The molecule has 2 aliphatic heterocycles. The Bertz CT molecular complexity index is 1130. The Kier molecular flexibility index (Phi) is 6.04. The van der Waals surface area contributed by atoms with Crippen LogP contribution in [0.25, 0.3) is 11.4 Å². The van der Waals surface area contributed by atoms with E-state index in [0.29, 0.717) is 23.8 Å². The van der Waals surface area contributed by atoms with Gasteiger partial charge in [0.15, 0.2) is 0 Å². The molecule has 9 heteroatoms. The number of anilines is 1. The van der Waals surface area contributed by atoms with Crippen molar-refractivity contribution in [2.45, 2.75) is 38.3 Å². The van der Waals surface area contributed by atoms with Crippen LogP contribution >= 0.6 is 0 Å². The number of hydrogen-bond donors (Lipinski definition) is 1. The normalized spacial score (nSPS) is 19.8. The molecule has 0 spiro atoms. The van der Waals surface area contributed by atoms with Crippen molar-refractivity contribution < 1.29 is 13.7 Å². The summed E-state index contributed by atoms with van der Waals surface area (Å²) in [5, 5.41) is 4.22. The third-order valence-corrected chi connectivity index (χ3v) is 6.65. The maximum absolute atomic E-state index is 14.1. The fourth-order valence-corrected chi connectivity index (χ4v) is 4.75. The molecule has 2 fully saturated rings. The van der Waals surface area contributed by atoms with E-state index in [2.05, 4.69) is 24.9 Å². The molecule has 0 bridgehead atoms. The van der Waals surface area contributed by atoms with E-state index in [1.54, 1.807) is 12.3 Å². The van der Waals surface area contributed by atoms with Gasteiger partial charge in [0.2, 0.25) is 17.6 Å². The van der Waals surface area contributed by atoms with E-state index in [0.717, 1.165) is 56.7 Å². The van der Waals surface area contributed by atoms with Crippen molar-refractivity contribution in [2.24, 2.45) is 11.7 Å². The number of aromatic nitrogens is 3. The molecular weight excluding hydrogens is 423 g/mol. The highest BCUT2D eigenvalue weighted by Crippen LogP contribution is 2.34. The highest BCUT2D eigenvalue weighted by atomic mass is 19.1. The van der Waals surface area contributed by atoms with E-state index in [9.17, 15) is 9.18 Å². The summed E-state index contributed by atoms with van der Waals surface area (Å²) in [6.07, 6.45) is 5.09. The van der Waals surface area contributed by atoms with Crippen molar-refractivity contribution in [3.63, 3.8) is 0 Å². The first-order chi connectivity index (χ1) is 16.1. The van der Waals surface area contributed by atoms with Gasteiger partial charge in [0, 0.05) is 42.9 Å². The van der Waals surface area contributed by atoms with Crippen LogP contribution in [0, 0.1) is 11.7 Å². The zero-order valence-corrected chi connectivity index (χ0v) is 18.4. The Morgan fingerprint density at radius 2 is 1.97 bits per heavy atom. The van der Waals surface area contributed by atoms with Crippen LogP contribution in [-0.2, 0) is 11.3 Å². The topological polar surface area (TPSA) is 101 Å². The van der Waals surface area contributed by atoms with Gasteiger partial charge in [0.25, 0.3) is 0 Å². The van der Waals surface area contributed by atoms with Gasteiger partial charge in [0.1, 0.15) is 11.6 Å². The van der Waals surface area contributed by atoms with E-state index in [-0.39, 0.29) is 23.7 Å². The standard InChI is InChI=1S/C24H27FN6O2/c25-19-5-2-1-4-18(19)15-31-11-3-6-20(31)24-28-23(29-33-24)17-7-10-27-21(14-17)30-12-8-16(9-13-30)22(26)32/h1-2,4-5,7,10,14,16,20H,3,6,8-9,11-13,15H2,(H2,26,32). The van der Waals surface area contributed by atoms with Gasteiger partial charge < -0.3 is 15.2 Å². The van der Waals surface area contributed by atoms with Gasteiger partial charge in [-0.05, 0) is 50.4 Å². The lowest BCUT2D eigenvalue weighted by atomic mass is 9.96. The summed E-state index contributed by atoms with van der Waals surface area (Å²) in [5.74, 6) is 1.40. The van der Waals surface area contributed by atoms with Crippen molar-refractivity contribution in [3.8, 4) is 11.4 Å². The molecule has 3 aromatic rings. The number of benzene rings is 1. The van der Waals surface area contributed by atoms with Crippen molar-refractivity contribution in [1.29, 1.82) is 0 Å². The third kappa shape index (κ3) is 4.59. The van der Waals surface area contributed by atoms with Crippen molar-refractivity contribution in [3.05, 3.63) is 59.9 Å². The van der Waals surface area contributed by atoms with E-state index in [1.807, 2.05) is 24.3 Å². The molecular formula is C24H27FN6O2. The number of likely N-dealkylation sites (tertiary alicyclic amines) is 1. The van der Waals surface area contributed by atoms with Crippen LogP contribution in [0.5, 0.6) is 0 Å². The number of amides is 1. The molecule has 5 rings (SSSR count). The number of carbonyl (C=O) groups is 1. The number of rotatable bonds is 6. The fourth-order valence-electron chi connectivity index (χ4n) is 4.75. The fraction of sp³-hybridized carbons (Fsp3) is 0.417. The predicted molar refractivity (Wildman–Crippen MR) is 120 cm³/mol. The quantitative estimate of drug-likeness (QED) is 0.615. The van der Waals surface area contributed by atoms with Gasteiger partial charge in [-0.25, -0.2) is 9.37 Å². The zero-order chi connectivity index (χ0) is 22.8. The van der Waals surface area contributed by atoms with Crippen LogP contribution in [-0.4, -0.2) is 45.6 Å². The van der Waals surface area contributed by atoms with Gasteiger partial charge in [-0.2, -0.15) is 4.98 Å².